The molecule has 7 nitrogen and oxygen atoms in total. The fourth-order valence-electron chi connectivity index (χ4n) is 4.98. The van der Waals surface area contributed by atoms with E-state index < -0.39 is 29.1 Å². The average molecular weight is 460 g/mol. The number of amides is 2. The Bertz CT molecular complexity index is 1070. The zero-order valence-electron chi connectivity index (χ0n) is 17.7. The van der Waals surface area contributed by atoms with E-state index in [4.69, 9.17) is 15.4 Å². The summed E-state index contributed by atoms with van der Waals surface area (Å²) in [4.78, 5) is 28.2. The van der Waals surface area contributed by atoms with Gasteiger partial charge in [-0.15, -0.1) is 0 Å². The third-order valence-electron chi connectivity index (χ3n) is 6.73. The largest absolute Gasteiger partial charge is 0.472 e. The smallest absolute Gasteiger partial charge is 0.417 e. The molecule has 0 aliphatic carbocycles. The second-order valence-electron chi connectivity index (χ2n) is 8.56. The minimum atomic E-state index is -4.66. The number of furan rings is 1. The van der Waals surface area contributed by atoms with E-state index in [0.717, 1.165) is 12.1 Å². The molecular formula is C23H23F3N4O3. The van der Waals surface area contributed by atoms with Crippen LogP contribution in [-0.4, -0.2) is 42.9 Å². The normalized spacial score (nSPS) is 21.8. The molecule has 2 amide bonds. The van der Waals surface area contributed by atoms with Crippen LogP contribution < -0.4 is 10.6 Å². The Kier molecular flexibility index (Phi) is 6.06. The molecule has 2 aromatic rings. The van der Waals surface area contributed by atoms with Crippen molar-refractivity contribution in [3.05, 3.63) is 53.5 Å². The van der Waals surface area contributed by atoms with Crippen molar-refractivity contribution >= 4 is 17.5 Å². The number of alkyl halides is 3. The number of carbonyl (C=O) groups is 2. The van der Waals surface area contributed by atoms with Crippen LogP contribution in [0.5, 0.6) is 0 Å². The van der Waals surface area contributed by atoms with E-state index in [-0.39, 0.29) is 24.3 Å². The van der Waals surface area contributed by atoms with Gasteiger partial charge in [-0.1, -0.05) is 0 Å². The lowest BCUT2D eigenvalue weighted by molar-refractivity contribution is -0.137. The van der Waals surface area contributed by atoms with Crippen molar-refractivity contribution in [2.24, 2.45) is 23.5 Å². The van der Waals surface area contributed by atoms with Gasteiger partial charge in [-0.2, -0.15) is 18.4 Å². The van der Waals surface area contributed by atoms with E-state index in [2.05, 4.69) is 0 Å². The van der Waals surface area contributed by atoms with Gasteiger partial charge in [0.25, 0.3) is 5.91 Å². The number of hydrogen-bond donors (Lipinski definition) is 1. The molecule has 10 heteroatoms. The van der Waals surface area contributed by atoms with E-state index in [9.17, 15) is 22.8 Å². The summed E-state index contributed by atoms with van der Waals surface area (Å²) in [7, 11) is 0. The van der Waals surface area contributed by atoms with Gasteiger partial charge in [0.1, 0.15) is 6.26 Å². The van der Waals surface area contributed by atoms with Gasteiger partial charge in [0, 0.05) is 31.9 Å². The first-order chi connectivity index (χ1) is 15.7. The Morgan fingerprint density at radius 3 is 2.45 bits per heavy atom. The molecule has 4 rings (SSSR count). The van der Waals surface area contributed by atoms with Gasteiger partial charge in [-0.25, -0.2) is 0 Å². The van der Waals surface area contributed by atoms with E-state index in [0.29, 0.717) is 43.7 Å². The topological polar surface area (TPSA) is 104 Å². The van der Waals surface area contributed by atoms with E-state index >= 15 is 0 Å². The van der Waals surface area contributed by atoms with Crippen LogP contribution in [0.4, 0.5) is 18.9 Å². The highest BCUT2D eigenvalue weighted by atomic mass is 19.4. The minimum absolute atomic E-state index is 0.112. The van der Waals surface area contributed by atoms with Gasteiger partial charge >= 0.3 is 6.18 Å². The lowest BCUT2D eigenvalue weighted by Crippen LogP contribution is -2.42. The second kappa shape index (κ2) is 8.81. The Hall–Kier alpha value is -3.48. The molecule has 1 aromatic carbocycles. The molecule has 1 aromatic heterocycles. The number of nitrogens with zero attached hydrogens (tertiary/aromatic N) is 3. The molecule has 0 radical (unpaired) electrons. The minimum Gasteiger partial charge on any atom is -0.472 e. The summed E-state index contributed by atoms with van der Waals surface area (Å²) in [5.74, 6) is -1.11. The Morgan fingerprint density at radius 1 is 1.15 bits per heavy atom. The third kappa shape index (κ3) is 4.53. The van der Waals surface area contributed by atoms with Gasteiger partial charge < -0.3 is 20.0 Å². The Balaban J connectivity index is 1.49. The Morgan fingerprint density at radius 2 is 1.88 bits per heavy atom. The van der Waals surface area contributed by atoms with Crippen LogP contribution in [0.3, 0.4) is 0 Å². The summed E-state index contributed by atoms with van der Waals surface area (Å²) in [5.41, 5.74) is 5.01. The molecule has 0 bridgehead atoms. The molecule has 2 aliphatic rings. The number of rotatable bonds is 4. The quantitative estimate of drug-likeness (QED) is 0.754. The monoisotopic (exact) mass is 460 g/mol. The van der Waals surface area contributed by atoms with E-state index in [1.54, 1.807) is 21.9 Å². The van der Waals surface area contributed by atoms with Crippen LogP contribution in [0.1, 0.15) is 34.3 Å². The summed E-state index contributed by atoms with van der Waals surface area (Å²) in [6, 6.07) is 6.78. The fourth-order valence-corrected chi connectivity index (χ4v) is 4.98. The highest BCUT2D eigenvalue weighted by molar-refractivity contribution is 5.93. The third-order valence-corrected chi connectivity index (χ3v) is 6.73. The van der Waals surface area contributed by atoms with Crippen LogP contribution in [0, 0.1) is 29.1 Å². The van der Waals surface area contributed by atoms with Gasteiger partial charge in [0.05, 0.1) is 34.9 Å². The SMILES string of the molecule is N#Cc1ccc(N2C[C@@H](C(N)=O)[C@H](C3CCN(C(=O)c4ccoc4)CC3)C2)cc1C(F)(F)F. The summed E-state index contributed by atoms with van der Waals surface area (Å²) < 4.78 is 45.2. The maximum Gasteiger partial charge on any atom is 0.417 e. The second-order valence-corrected chi connectivity index (χ2v) is 8.56. The van der Waals surface area contributed by atoms with E-state index in [1.807, 2.05) is 0 Å². The van der Waals surface area contributed by atoms with Crippen molar-refractivity contribution in [3.8, 4) is 6.07 Å². The number of anilines is 1. The molecular weight excluding hydrogens is 437 g/mol. The van der Waals surface area contributed by atoms with Gasteiger partial charge in [-0.05, 0) is 48.9 Å². The highest BCUT2D eigenvalue weighted by Gasteiger charge is 2.43. The first-order valence-electron chi connectivity index (χ1n) is 10.7. The van der Waals surface area contributed by atoms with Crippen LogP contribution in [0.2, 0.25) is 0 Å². The number of benzene rings is 1. The predicted molar refractivity (Wildman–Crippen MR) is 112 cm³/mol. The maximum absolute atomic E-state index is 13.4. The molecule has 0 spiro atoms. The highest BCUT2D eigenvalue weighted by Crippen LogP contribution is 2.40. The zero-order valence-corrected chi connectivity index (χ0v) is 17.7. The molecule has 2 N–H and O–H groups in total. The average Bonchev–Trinajstić information content (AvgIpc) is 3.48. The van der Waals surface area contributed by atoms with Crippen LogP contribution in [0.15, 0.2) is 41.2 Å². The van der Waals surface area contributed by atoms with Crippen LogP contribution >= 0.6 is 0 Å². The number of nitrogens with two attached hydrogens (primary N) is 1. The number of likely N-dealkylation sites (tertiary alicyclic amines) is 1. The molecule has 2 atom stereocenters. The predicted octanol–water partition coefficient (Wildman–Crippen LogP) is 3.26. The van der Waals surface area contributed by atoms with Crippen LogP contribution in [0.25, 0.3) is 0 Å². The van der Waals surface area contributed by atoms with Crippen LogP contribution in [-0.2, 0) is 11.0 Å². The standard InChI is InChI=1S/C23H23F3N4O3/c24-23(25,26)20-9-17(2-1-15(20)10-27)30-11-18(19(12-30)21(28)31)14-3-6-29(7-4-14)22(32)16-5-8-33-13-16/h1-2,5,8-9,13-14,18-19H,3-4,6-7,11-12H2,(H2,28,31)/t18-,19+/m0/s1. The number of primary amides is 1. The first-order valence-corrected chi connectivity index (χ1v) is 10.7. The molecule has 2 fully saturated rings. The maximum atomic E-state index is 13.4. The summed E-state index contributed by atoms with van der Waals surface area (Å²) >= 11 is 0. The Labute approximate surface area is 188 Å². The molecule has 174 valence electrons. The molecule has 3 heterocycles. The summed E-state index contributed by atoms with van der Waals surface area (Å²) in [6.07, 6.45) is -0.463. The lowest BCUT2D eigenvalue weighted by atomic mass is 9.78. The van der Waals surface area contributed by atoms with Crippen molar-refractivity contribution in [3.63, 3.8) is 0 Å². The van der Waals surface area contributed by atoms with Crippen molar-refractivity contribution in [2.75, 3.05) is 31.1 Å². The summed E-state index contributed by atoms with van der Waals surface area (Å²) in [6.45, 7) is 1.64. The number of carbonyl (C=O) groups excluding carboxylic acids is 2. The zero-order chi connectivity index (χ0) is 23.8. The van der Waals surface area contributed by atoms with Crippen molar-refractivity contribution in [2.45, 2.75) is 19.0 Å². The number of piperidine rings is 1. The van der Waals surface area contributed by atoms with Crippen molar-refractivity contribution < 1.29 is 27.2 Å². The summed E-state index contributed by atoms with van der Waals surface area (Å²) in [5, 5.41) is 9.03. The molecule has 2 aliphatic heterocycles. The first kappa shape index (κ1) is 22.7. The van der Waals surface area contributed by atoms with Crippen molar-refractivity contribution in [1.29, 1.82) is 5.26 Å². The molecule has 33 heavy (non-hydrogen) atoms. The van der Waals surface area contributed by atoms with Gasteiger partial charge in [-0.3, -0.25) is 9.59 Å². The van der Waals surface area contributed by atoms with Gasteiger partial charge in [0.15, 0.2) is 0 Å². The van der Waals surface area contributed by atoms with Crippen molar-refractivity contribution in [1.82, 2.24) is 4.90 Å². The number of nitriles is 1. The number of hydrogen-bond acceptors (Lipinski definition) is 5. The van der Waals surface area contributed by atoms with Gasteiger partial charge in [0.2, 0.25) is 5.91 Å². The molecule has 0 saturated carbocycles. The fraction of sp³-hybridized carbons (Fsp3) is 0.435. The molecule has 0 unspecified atom stereocenters. The number of halogens is 3. The lowest BCUT2D eigenvalue weighted by Gasteiger charge is -2.36. The molecule has 2 saturated heterocycles. The van der Waals surface area contributed by atoms with E-state index in [1.165, 1.54) is 18.6 Å².